The molecule has 0 amide bonds. The van der Waals surface area contributed by atoms with Gasteiger partial charge in [0.2, 0.25) is 0 Å². The molecule has 3 rings (SSSR count). The normalized spacial score (nSPS) is 17.5. The van der Waals surface area contributed by atoms with Crippen molar-refractivity contribution < 1.29 is 5.11 Å². The zero-order valence-corrected chi connectivity index (χ0v) is 10.7. The number of pyridine rings is 1. The third-order valence-electron chi connectivity index (χ3n) is 3.51. The molecule has 1 aliphatic carbocycles. The Labute approximate surface area is 107 Å². The molecular weight excluding hydrogens is 226 g/mol. The summed E-state index contributed by atoms with van der Waals surface area (Å²) in [5, 5.41) is 9.91. The van der Waals surface area contributed by atoms with Crippen LogP contribution in [0, 0.1) is 5.92 Å². The van der Waals surface area contributed by atoms with Crippen LogP contribution in [0.5, 0.6) is 0 Å². The molecule has 1 unspecified atom stereocenters. The van der Waals surface area contributed by atoms with Crippen molar-refractivity contribution in [1.82, 2.24) is 14.3 Å². The van der Waals surface area contributed by atoms with Crippen molar-refractivity contribution in [3.63, 3.8) is 0 Å². The van der Waals surface area contributed by atoms with Crippen molar-refractivity contribution in [1.29, 1.82) is 0 Å². The van der Waals surface area contributed by atoms with E-state index in [4.69, 9.17) is 0 Å². The number of imidazole rings is 1. The highest BCUT2D eigenvalue weighted by Crippen LogP contribution is 2.32. The first kappa shape index (κ1) is 11.7. The van der Waals surface area contributed by atoms with E-state index in [0.29, 0.717) is 5.92 Å². The first-order valence-corrected chi connectivity index (χ1v) is 6.51. The fourth-order valence-corrected chi connectivity index (χ4v) is 2.35. The van der Waals surface area contributed by atoms with Crippen LogP contribution in [0.25, 0.3) is 5.65 Å². The van der Waals surface area contributed by atoms with Crippen LogP contribution in [0.15, 0.2) is 30.6 Å². The van der Waals surface area contributed by atoms with Crippen molar-refractivity contribution in [2.24, 2.45) is 5.92 Å². The molecule has 2 aromatic heterocycles. The Morgan fingerprint density at radius 1 is 1.50 bits per heavy atom. The molecule has 18 heavy (non-hydrogen) atoms. The molecule has 0 spiro atoms. The molecule has 1 aliphatic rings. The van der Waals surface area contributed by atoms with Crippen LogP contribution in [0.1, 0.15) is 18.5 Å². The van der Waals surface area contributed by atoms with Crippen LogP contribution < -0.4 is 0 Å². The molecule has 4 heteroatoms. The summed E-state index contributed by atoms with van der Waals surface area (Å²) in [6.07, 6.45) is 6.25. The van der Waals surface area contributed by atoms with Crippen molar-refractivity contribution in [3.05, 3.63) is 36.3 Å². The largest absolute Gasteiger partial charge is 0.392 e. The van der Waals surface area contributed by atoms with Gasteiger partial charge in [-0.2, -0.15) is 0 Å². The second kappa shape index (κ2) is 4.71. The summed E-state index contributed by atoms with van der Waals surface area (Å²) in [4.78, 5) is 6.70. The van der Waals surface area contributed by atoms with Crippen molar-refractivity contribution in [2.75, 3.05) is 13.6 Å². The molecule has 2 aromatic rings. The number of nitrogens with zero attached hydrogens (tertiary/aromatic N) is 3. The van der Waals surface area contributed by atoms with E-state index in [9.17, 15) is 5.11 Å². The summed E-state index contributed by atoms with van der Waals surface area (Å²) in [6.45, 7) is 1.52. The zero-order chi connectivity index (χ0) is 12.5. The summed E-state index contributed by atoms with van der Waals surface area (Å²) in [5.41, 5.74) is 2.02. The average molecular weight is 245 g/mol. The molecule has 0 aromatic carbocycles. The second-order valence-corrected chi connectivity index (χ2v) is 5.30. The number of likely N-dealkylation sites (N-methyl/N-ethyl adjacent to an activating group) is 1. The van der Waals surface area contributed by atoms with Gasteiger partial charge < -0.3 is 9.51 Å². The topological polar surface area (TPSA) is 40.8 Å². The summed E-state index contributed by atoms with van der Waals surface area (Å²) in [6, 6.07) is 5.99. The Morgan fingerprint density at radius 2 is 2.33 bits per heavy atom. The summed E-state index contributed by atoms with van der Waals surface area (Å²) in [5.74, 6) is 0.536. The lowest BCUT2D eigenvalue weighted by Gasteiger charge is -2.19. The fraction of sp³-hybridized carbons (Fsp3) is 0.500. The van der Waals surface area contributed by atoms with E-state index in [2.05, 4.69) is 16.1 Å². The van der Waals surface area contributed by atoms with Crippen LogP contribution >= 0.6 is 0 Å². The maximum Gasteiger partial charge on any atom is 0.137 e. The number of aliphatic hydroxyl groups excluding tert-OH is 1. The molecule has 1 saturated carbocycles. The van der Waals surface area contributed by atoms with Gasteiger partial charge in [-0.1, -0.05) is 6.07 Å². The van der Waals surface area contributed by atoms with Crippen LogP contribution in [0.3, 0.4) is 0 Å². The van der Waals surface area contributed by atoms with Gasteiger partial charge in [0.05, 0.1) is 11.8 Å². The molecular formula is C14H19N3O. The molecule has 96 valence electrons. The van der Waals surface area contributed by atoms with Gasteiger partial charge in [0.15, 0.2) is 0 Å². The van der Waals surface area contributed by atoms with E-state index < -0.39 is 0 Å². The molecule has 1 N–H and O–H groups in total. The van der Waals surface area contributed by atoms with E-state index in [1.54, 1.807) is 0 Å². The summed E-state index contributed by atoms with van der Waals surface area (Å²) in [7, 11) is 2.04. The number of hydrogen-bond donors (Lipinski definition) is 1. The summed E-state index contributed by atoms with van der Waals surface area (Å²) < 4.78 is 2.03. The van der Waals surface area contributed by atoms with Gasteiger partial charge in [0, 0.05) is 25.5 Å². The monoisotopic (exact) mass is 245 g/mol. The van der Waals surface area contributed by atoms with E-state index in [1.807, 2.05) is 35.8 Å². The highest BCUT2D eigenvalue weighted by atomic mass is 16.3. The predicted molar refractivity (Wildman–Crippen MR) is 70.3 cm³/mol. The minimum absolute atomic E-state index is 0.174. The Hall–Kier alpha value is -1.39. The molecule has 0 saturated heterocycles. The predicted octanol–water partition coefficient (Wildman–Crippen LogP) is 1.54. The molecule has 4 nitrogen and oxygen atoms in total. The Morgan fingerprint density at radius 3 is 3.06 bits per heavy atom. The van der Waals surface area contributed by atoms with Crippen LogP contribution in [-0.4, -0.2) is 39.1 Å². The zero-order valence-electron chi connectivity index (χ0n) is 10.7. The smallest absolute Gasteiger partial charge is 0.137 e. The lowest BCUT2D eigenvalue weighted by atomic mass is 10.2. The van der Waals surface area contributed by atoms with E-state index in [-0.39, 0.29) is 6.10 Å². The van der Waals surface area contributed by atoms with Crippen LogP contribution in [0.2, 0.25) is 0 Å². The van der Waals surface area contributed by atoms with Crippen molar-refractivity contribution >= 4 is 5.65 Å². The second-order valence-electron chi connectivity index (χ2n) is 5.30. The van der Waals surface area contributed by atoms with E-state index in [0.717, 1.165) is 24.4 Å². The first-order chi connectivity index (χ1) is 8.72. The van der Waals surface area contributed by atoms with Crippen LogP contribution in [0.4, 0.5) is 0 Å². The van der Waals surface area contributed by atoms with Gasteiger partial charge in [-0.3, -0.25) is 4.90 Å². The Balaban J connectivity index is 1.63. The van der Waals surface area contributed by atoms with Crippen molar-refractivity contribution in [2.45, 2.75) is 25.5 Å². The van der Waals surface area contributed by atoms with Crippen molar-refractivity contribution in [3.8, 4) is 0 Å². The number of fused-ring (bicyclic) bond motifs is 1. The fourth-order valence-electron chi connectivity index (χ4n) is 2.35. The quantitative estimate of drug-likeness (QED) is 0.868. The Bertz CT molecular complexity index is 500. The van der Waals surface area contributed by atoms with Gasteiger partial charge in [-0.25, -0.2) is 4.98 Å². The third-order valence-corrected chi connectivity index (χ3v) is 3.51. The molecule has 0 radical (unpaired) electrons. The average Bonchev–Trinajstić information content (AvgIpc) is 3.10. The maximum atomic E-state index is 9.91. The minimum Gasteiger partial charge on any atom is -0.392 e. The number of rotatable bonds is 5. The lowest BCUT2D eigenvalue weighted by molar-refractivity contribution is 0.104. The number of hydrogen-bond acceptors (Lipinski definition) is 3. The summed E-state index contributed by atoms with van der Waals surface area (Å²) >= 11 is 0. The van der Waals surface area contributed by atoms with Gasteiger partial charge in [-0.05, 0) is 37.9 Å². The number of aromatic nitrogens is 2. The Kier molecular flexibility index (Phi) is 3.06. The standard InChI is InChI=1S/C14H19N3O/c1-16(10-13(18)11-5-6-11)8-12-9-17-7-3-2-4-14(17)15-12/h2-4,7,9,11,13,18H,5-6,8,10H2,1H3. The van der Waals surface area contributed by atoms with E-state index >= 15 is 0 Å². The minimum atomic E-state index is -0.174. The lowest BCUT2D eigenvalue weighted by Crippen LogP contribution is -2.30. The van der Waals surface area contributed by atoms with Gasteiger partial charge in [0.25, 0.3) is 0 Å². The van der Waals surface area contributed by atoms with Gasteiger partial charge >= 0.3 is 0 Å². The molecule has 1 fully saturated rings. The van der Waals surface area contributed by atoms with Crippen LogP contribution in [-0.2, 0) is 6.54 Å². The molecule has 1 atom stereocenters. The highest BCUT2D eigenvalue weighted by molar-refractivity contribution is 5.39. The maximum absolute atomic E-state index is 9.91. The molecule has 2 heterocycles. The first-order valence-electron chi connectivity index (χ1n) is 6.51. The molecule has 0 aliphatic heterocycles. The van der Waals surface area contributed by atoms with Gasteiger partial charge in [0.1, 0.15) is 5.65 Å². The third kappa shape index (κ3) is 2.54. The molecule has 0 bridgehead atoms. The van der Waals surface area contributed by atoms with Gasteiger partial charge in [-0.15, -0.1) is 0 Å². The number of aliphatic hydroxyl groups is 1. The SMILES string of the molecule is CN(Cc1cn2ccccc2n1)CC(O)C1CC1. The van der Waals surface area contributed by atoms with E-state index in [1.165, 1.54) is 12.8 Å². The highest BCUT2D eigenvalue weighted by Gasteiger charge is 2.30.